The fourth-order valence-corrected chi connectivity index (χ4v) is 2.08. The molecule has 0 spiro atoms. The van der Waals surface area contributed by atoms with Gasteiger partial charge in [-0.1, -0.05) is 13.8 Å². The lowest BCUT2D eigenvalue weighted by atomic mass is 10.1. The maximum absolute atomic E-state index is 5.77. The minimum absolute atomic E-state index is 0.443. The van der Waals surface area contributed by atoms with Crippen LogP contribution in [0.1, 0.15) is 13.8 Å². The summed E-state index contributed by atoms with van der Waals surface area (Å²) in [6, 6.07) is 6.19. The molecule has 0 saturated heterocycles. The van der Waals surface area contributed by atoms with Crippen LogP contribution in [0.25, 0.3) is 10.8 Å². The highest BCUT2D eigenvalue weighted by molar-refractivity contribution is 5.89. The van der Waals surface area contributed by atoms with Gasteiger partial charge in [-0.05, 0) is 23.6 Å². The second-order valence-electron chi connectivity index (χ2n) is 5.00. The second kappa shape index (κ2) is 7.13. The lowest BCUT2D eigenvalue weighted by Gasteiger charge is -2.13. The van der Waals surface area contributed by atoms with E-state index in [2.05, 4.69) is 24.1 Å². The third-order valence-electron chi connectivity index (χ3n) is 3.13. The molecule has 1 N–H and O–H groups in total. The SMILES string of the molecule is COc1cc2ccnc(OCCNC(C)C)c2cc1OC. The highest BCUT2D eigenvalue weighted by atomic mass is 16.5. The predicted molar refractivity (Wildman–Crippen MR) is 83.5 cm³/mol. The number of fused-ring (bicyclic) bond motifs is 1. The fraction of sp³-hybridized carbons (Fsp3) is 0.438. The number of hydrogen-bond donors (Lipinski definition) is 1. The molecule has 1 aromatic carbocycles. The average molecular weight is 290 g/mol. The van der Waals surface area contributed by atoms with E-state index in [9.17, 15) is 0 Å². The lowest BCUT2D eigenvalue weighted by Crippen LogP contribution is -2.27. The van der Waals surface area contributed by atoms with Crippen molar-refractivity contribution in [1.29, 1.82) is 0 Å². The van der Waals surface area contributed by atoms with Gasteiger partial charge in [-0.25, -0.2) is 4.98 Å². The standard InChI is InChI=1S/C16H22N2O3/c1-11(2)17-7-8-21-16-13-10-15(20-4)14(19-3)9-12(13)5-6-18-16/h5-6,9-11,17H,7-8H2,1-4H3. The maximum atomic E-state index is 5.77. The van der Waals surface area contributed by atoms with E-state index in [1.54, 1.807) is 20.4 Å². The van der Waals surface area contributed by atoms with E-state index in [0.717, 1.165) is 17.3 Å². The number of pyridine rings is 1. The summed E-state index contributed by atoms with van der Waals surface area (Å²) in [7, 11) is 3.24. The van der Waals surface area contributed by atoms with Crippen LogP contribution in [0.2, 0.25) is 0 Å². The van der Waals surface area contributed by atoms with Gasteiger partial charge >= 0.3 is 0 Å². The normalized spacial score (nSPS) is 10.9. The molecular formula is C16H22N2O3. The Morgan fingerprint density at radius 3 is 2.52 bits per heavy atom. The molecule has 0 fully saturated rings. The summed E-state index contributed by atoms with van der Waals surface area (Å²) in [5, 5.41) is 5.23. The van der Waals surface area contributed by atoms with Crippen molar-refractivity contribution in [2.45, 2.75) is 19.9 Å². The van der Waals surface area contributed by atoms with Crippen LogP contribution in [0.15, 0.2) is 24.4 Å². The first-order chi connectivity index (χ1) is 10.2. The smallest absolute Gasteiger partial charge is 0.221 e. The summed E-state index contributed by atoms with van der Waals surface area (Å²) in [6.07, 6.45) is 1.74. The molecule has 0 bridgehead atoms. The topological polar surface area (TPSA) is 52.6 Å². The molecule has 2 aromatic rings. The van der Waals surface area contributed by atoms with Crippen molar-refractivity contribution in [2.24, 2.45) is 0 Å². The predicted octanol–water partition coefficient (Wildman–Crippen LogP) is 2.63. The third kappa shape index (κ3) is 3.76. The molecule has 0 radical (unpaired) electrons. The van der Waals surface area contributed by atoms with Crippen molar-refractivity contribution in [3.05, 3.63) is 24.4 Å². The Bertz CT molecular complexity index is 599. The van der Waals surface area contributed by atoms with E-state index in [1.807, 2.05) is 18.2 Å². The number of methoxy groups -OCH3 is 2. The molecule has 2 rings (SSSR count). The molecule has 0 saturated carbocycles. The number of aromatic nitrogens is 1. The molecule has 114 valence electrons. The van der Waals surface area contributed by atoms with Crippen molar-refractivity contribution >= 4 is 10.8 Å². The highest BCUT2D eigenvalue weighted by Crippen LogP contribution is 2.35. The molecule has 0 aliphatic carbocycles. The molecule has 1 aromatic heterocycles. The Kier molecular flexibility index (Phi) is 5.22. The monoisotopic (exact) mass is 290 g/mol. The molecule has 0 amide bonds. The van der Waals surface area contributed by atoms with E-state index >= 15 is 0 Å². The van der Waals surface area contributed by atoms with Crippen LogP contribution >= 0.6 is 0 Å². The van der Waals surface area contributed by atoms with E-state index in [4.69, 9.17) is 14.2 Å². The number of ether oxygens (including phenoxy) is 3. The van der Waals surface area contributed by atoms with Gasteiger partial charge in [-0.2, -0.15) is 0 Å². The first-order valence-corrected chi connectivity index (χ1v) is 7.02. The zero-order valence-electron chi connectivity index (χ0n) is 13.0. The summed E-state index contributed by atoms with van der Waals surface area (Å²) >= 11 is 0. The second-order valence-corrected chi connectivity index (χ2v) is 5.00. The van der Waals surface area contributed by atoms with Gasteiger partial charge in [0.25, 0.3) is 0 Å². The minimum Gasteiger partial charge on any atom is -0.493 e. The van der Waals surface area contributed by atoms with Crippen LogP contribution in [0.4, 0.5) is 0 Å². The van der Waals surface area contributed by atoms with E-state index in [0.29, 0.717) is 30.0 Å². The van der Waals surface area contributed by atoms with Crippen LogP contribution < -0.4 is 19.5 Å². The van der Waals surface area contributed by atoms with Gasteiger partial charge in [0.1, 0.15) is 6.61 Å². The van der Waals surface area contributed by atoms with Gasteiger partial charge in [-0.3, -0.25) is 0 Å². The number of nitrogens with one attached hydrogen (secondary N) is 1. The Morgan fingerprint density at radius 2 is 1.86 bits per heavy atom. The van der Waals surface area contributed by atoms with Gasteiger partial charge in [0, 0.05) is 24.2 Å². The molecule has 21 heavy (non-hydrogen) atoms. The van der Waals surface area contributed by atoms with Crippen molar-refractivity contribution < 1.29 is 14.2 Å². The summed E-state index contributed by atoms with van der Waals surface area (Å²) in [6.45, 7) is 5.56. The number of benzene rings is 1. The van der Waals surface area contributed by atoms with Crippen LogP contribution in [0.5, 0.6) is 17.4 Å². The molecular weight excluding hydrogens is 268 g/mol. The molecule has 0 aliphatic rings. The first-order valence-electron chi connectivity index (χ1n) is 7.02. The molecule has 5 heteroatoms. The summed E-state index contributed by atoms with van der Waals surface area (Å²) < 4.78 is 16.4. The third-order valence-corrected chi connectivity index (χ3v) is 3.13. The Labute approximate surface area is 125 Å². The number of nitrogens with zero attached hydrogens (tertiary/aromatic N) is 1. The van der Waals surface area contributed by atoms with Crippen LogP contribution in [-0.2, 0) is 0 Å². The van der Waals surface area contributed by atoms with Crippen molar-refractivity contribution in [3.63, 3.8) is 0 Å². The largest absolute Gasteiger partial charge is 0.493 e. The Morgan fingerprint density at radius 1 is 1.14 bits per heavy atom. The Balaban J connectivity index is 2.23. The highest BCUT2D eigenvalue weighted by Gasteiger charge is 2.10. The average Bonchev–Trinajstić information content (AvgIpc) is 2.49. The van der Waals surface area contributed by atoms with E-state index in [-0.39, 0.29) is 0 Å². The van der Waals surface area contributed by atoms with E-state index < -0.39 is 0 Å². The van der Waals surface area contributed by atoms with Gasteiger partial charge in [0.05, 0.1) is 14.2 Å². The molecule has 1 heterocycles. The summed E-state index contributed by atoms with van der Waals surface area (Å²) in [5.74, 6) is 1.98. The molecule has 0 atom stereocenters. The fourth-order valence-electron chi connectivity index (χ4n) is 2.08. The minimum atomic E-state index is 0.443. The quantitative estimate of drug-likeness (QED) is 0.794. The van der Waals surface area contributed by atoms with Crippen molar-refractivity contribution in [2.75, 3.05) is 27.4 Å². The Hall–Kier alpha value is -2.01. The van der Waals surface area contributed by atoms with Gasteiger partial charge < -0.3 is 19.5 Å². The molecule has 0 unspecified atom stereocenters. The summed E-state index contributed by atoms with van der Waals surface area (Å²) in [5.41, 5.74) is 0. The molecule has 5 nitrogen and oxygen atoms in total. The van der Waals surface area contributed by atoms with Crippen LogP contribution in [-0.4, -0.2) is 38.4 Å². The summed E-state index contributed by atoms with van der Waals surface area (Å²) in [4.78, 5) is 4.31. The van der Waals surface area contributed by atoms with Crippen LogP contribution in [0.3, 0.4) is 0 Å². The zero-order valence-corrected chi connectivity index (χ0v) is 13.0. The van der Waals surface area contributed by atoms with E-state index in [1.165, 1.54) is 0 Å². The van der Waals surface area contributed by atoms with Crippen molar-refractivity contribution in [3.8, 4) is 17.4 Å². The maximum Gasteiger partial charge on any atom is 0.221 e. The molecule has 0 aliphatic heterocycles. The first kappa shape index (κ1) is 15.4. The van der Waals surface area contributed by atoms with Gasteiger partial charge in [-0.15, -0.1) is 0 Å². The van der Waals surface area contributed by atoms with Gasteiger partial charge in [0.15, 0.2) is 11.5 Å². The number of rotatable bonds is 7. The van der Waals surface area contributed by atoms with Gasteiger partial charge in [0.2, 0.25) is 5.88 Å². The number of hydrogen-bond acceptors (Lipinski definition) is 5. The lowest BCUT2D eigenvalue weighted by molar-refractivity contribution is 0.301. The van der Waals surface area contributed by atoms with Crippen molar-refractivity contribution in [1.82, 2.24) is 10.3 Å². The zero-order chi connectivity index (χ0) is 15.2. The van der Waals surface area contributed by atoms with Crippen LogP contribution in [0, 0.1) is 0 Å².